The Labute approximate surface area is 139 Å². The van der Waals surface area contributed by atoms with Crippen LogP contribution < -0.4 is 10.1 Å². The van der Waals surface area contributed by atoms with E-state index >= 15 is 0 Å². The molecule has 0 bridgehead atoms. The van der Waals surface area contributed by atoms with Crippen LogP contribution in [-0.2, 0) is 0 Å². The standard InChI is InChI=1S/C19H17FN2O2/c1-3-24-18-7-5-4-6-17(18)22-19(23)15-10-12(2)21-16-9-8-13(20)11-14(15)16/h4-11H,3H2,1-2H3,(H,22,23). The molecule has 1 aromatic heterocycles. The van der Waals surface area contributed by atoms with Crippen molar-refractivity contribution in [3.8, 4) is 5.75 Å². The molecule has 2 aromatic carbocycles. The van der Waals surface area contributed by atoms with Crippen LogP contribution in [0.5, 0.6) is 5.75 Å². The molecule has 0 fully saturated rings. The average molecular weight is 324 g/mol. The summed E-state index contributed by atoms with van der Waals surface area (Å²) in [5.41, 5.74) is 2.23. The maximum absolute atomic E-state index is 13.6. The first-order chi connectivity index (χ1) is 11.6. The lowest BCUT2D eigenvalue weighted by Crippen LogP contribution is -2.14. The molecule has 0 aliphatic heterocycles. The number of benzene rings is 2. The quantitative estimate of drug-likeness (QED) is 0.777. The molecular weight excluding hydrogens is 307 g/mol. The van der Waals surface area contributed by atoms with Crippen molar-refractivity contribution in [1.29, 1.82) is 0 Å². The van der Waals surface area contributed by atoms with Crippen molar-refractivity contribution < 1.29 is 13.9 Å². The Kier molecular flexibility index (Phi) is 4.42. The Morgan fingerprint density at radius 2 is 2.00 bits per heavy atom. The fraction of sp³-hybridized carbons (Fsp3) is 0.158. The molecule has 1 heterocycles. The summed E-state index contributed by atoms with van der Waals surface area (Å²) < 4.78 is 19.1. The molecule has 0 atom stereocenters. The molecule has 0 aliphatic rings. The zero-order chi connectivity index (χ0) is 17.1. The molecule has 0 unspecified atom stereocenters. The molecule has 24 heavy (non-hydrogen) atoms. The number of amides is 1. The van der Waals surface area contributed by atoms with E-state index < -0.39 is 5.82 Å². The van der Waals surface area contributed by atoms with Crippen molar-refractivity contribution in [2.75, 3.05) is 11.9 Å². The summed E-state index contributed by atoms with van der Waals surface area (Å²) in [5, 5.41) is 3.31. The van der Waals surface area contributed by atoms with E-state index in [4.69, 9.17) is 4.74 Å². The van der Waals surface area contributed by atoms with Crippen molar-refractivity contribution in [1.82, 2.24) is 4.98 Å². The number of carbonyl (C=O) groups is 1. The van der Waals surface area contributed by atoms with Crippen molar-refractivity contribution >= 4 is 22.5 Å². The maximum atomic E-state index is 13.6. The van der Waals surface area contributed by atoms with Crippen LogP contribution in [-0.4, -0.2) is 17.5 Å². The van der Waals surface area contributed by atoms with Crippen LogP contribution in [0.15, 0.2) is 48.5 Å². The number of nitrogens with one attached hydrogen (secondary N) is 1. The number of nitrogens with zero attached hydrogens (tertiary/aromatic N) is 1. The van der Waals surface area contributed by atoms with Crippen LogP contribution in [0.25, 0.3) is 10.9 Å². The van der Waals surface area contributed by atoms with Crippen molar-refractivity contribution in [3.05, 3.63) is 65.6 Å². The highest BCUT2D eigenvalue weighted by atomic mass is 19.1. The van der Waals surface area contributed by atoms with Gasteiger partial charge >= 0.3 is 0 Å². The summed E-state index contributed by atoms with van der Waals surface area (Å²) in [6.45, 7) is 4.17. The number of aromatic nitrogens is 1. The lowest BCUT2D eigenvalue weighted by Gasteiger charge is -2.12. The summed E-state index contributed by atoms with van der Waals surface area (Å²) in [6, 6.07) is 13.1. The predicted octanol–water partition coefficient (Wildman–Crippen LogP) is 4.33. The third-order valence-electron chi connectivity index (χ3n) is 3.58. The number of halogens is 1. The molecule has 0 radical (unpaired) electrons. The molecule has 1 amide bonds. The molecule has 1 N–H and O–H groups in total. The van der Waals surface area contributed by atoms with Gasteiger partial charge in [-0.15, -0.1) is 0 Å². The smallest absolute Gasteiger partial charge is 0.256 e. The molecular formula is C19H17FN2O2. The van der Waals surface area contributed by atoms with Crippen LogP contribution in [0.2, 0.25) is 0 Å². The lowest BCUT2D eigenvalue weighted by atomic mass is 10.1. The first-order valence-electron chi connectivity index (χ1n) is 7.68. The number of para-hydroxylation sites is 2. The minimum Gasteiger partial charge on any atom is -0.492 e. The zero-order valence-corrected chi connectivity index (χ0v) is 13.5. The summed E-state index contributed by atoms with van der Waals surface area (Å²) >= 11 is 0. The van der Waals surface area contributed by atoms with Gasteiger partial charge in [0, 0.05) is 11.1 Å². The largest absolute Gasteiger partial charge is 0.492 e. The summed E-state index contributed by atoms with van der Waals surface area (Å²) in [6.07, 6.45) is 0. The van der Waals surface area contributed by atoms with Gasteiger partial charge in [-0.05, 0) is 50.2 Å². The normalized spacial score (nSPS) is 10.6. The fourth-order valence-electron chi connectivity index (χ4n) is 2.56. The monoisotopic (exact) mass is 324 g/mol. The highest BCUT2D eigenvalue weighted by Gasteiger charge is 2.15. The first-order valence-corrected chi connectivity index (χ1v) is 7.68. The van der Waals surface area contributed by atoms with Gasteiger partial charge in [0.2, 0.25) is 0 Å². The van der Waals surface area contributed by atoms with Crippen LogP contribution in [0, 0.1) is 12.7 Å². The molecule has 0 spiro atoms. The Morgan fingerprint density at radius 1 is 1.21 bits per heavy atom. The summed E-state index contributed by atoms with van der Waals surface area (Å²) in [5.74, 6) is -0.144. The van der Waals surface area contributed by atoms with Gasteiger partial charge in [-0.2, -0.15) is 0 Å². The lowest BCUT2D eigenvalue weighted by molar-refractivity contribution is 0.102. The molecule has 0 aliphatic carbocycles. The van der Waals surface area contributed by atoms with Crippen LogP contribution in [0.3, 0.4) is 0 Å². The number of fused-ring (bicyclic) bond motifs is 1. The van der Waals surface area contributed by atoms with Gasteiger partial charge in [-0.3, -0.25) is 9.78 Å². The minimum absolute atomic E-state index is 0.330. The number of hydrogen-bond acceptors (Lipinski definition) is 3. The SMILES string of the molecule is CCOc1ccccc1NC(=O)c1cc(C)nc2ccc(F)cc12. The van der Waals surface area contributed by atoms with Gasteiger partial charge in [0.25, 0.3) is 5.91 Å². The fourth-order valence-corrected chi connectivity index (χ4v) is 2.56. The van der Waals surface area contributed by atoms with Crippen LogP contribution in [0.1, 0.15) is 23.0 Å². The third kappa shape index (κ3) is 3.20. The topological polar surface area (TPSA) is 51.2 Å². The highest BCUT2D eigenvalue weighted by molar-refractivity contribution is 6.12. The van der Waals surface area contributed by atoms with Gasteiger partial charge < -0.3 is 10.1 Å². The second-order valence-corrected chi connectivity index (χ2v) is 5.36. The van der Waals surface area contributed by atoms with E-state index in [-0.39, 0.29) is 5.91 Å². The Balaban J connectivity index is 2.02. The van der Waals surface area contributed by atoms with Gasteiger partial charge in [-0.1, -0.05) is 12.1 Å². The van der Waals surface area contributed by atoms with Crippen LogP contribution >= 0.6 is 0 Å². The summed E-state index contributed by atoms with van der Waals surface area (Å²) in [4.78, 5) is 17.1. The van der Waals surface area contributed by atoms with E-state index in [1.54, 1.807) is 31.2 Å². The Morgan fingerprint density at radius 3 is 2.79 bits per heavy atom. The van der Waals surface area contributed by atoms with Gasteiger partial charge in [-0.25, -0.2) is 4.39 Å². The number of ether oxygens (including phenoxy) is 1. The number of carbonyl (C=O) groups excluding carboxylic acids is 1. The number of aryl methyl sites for hydroxylation is 1. The predicted molar refractivity (Wildman–Crippen MR) is 92.0 cm³/mol. The number of pyridine rings is 1. The summed E-state index contributed by atoms with van der Waals surface area (Å²) in [7, 11) is 0. The van der Waals surface area contributed by atoms with E-state index in [1.807, 2.05) is 19.1 Å². The molecule has 5 heteroatoms. The van der Waals surface area contributed by atoms with E-state index in [2.05, 4.69) is 10.3 Å². The molecule has 4 nitrogen and oxygen atoms in total. The van der Waals surface area contributed by atoms with E-state index in [0.717, 1.165) is 0 Å². The zero-order valence-electron chi connectivity index (χ0n) is 13.5. The van der Waals surface area contributed by atoms with E-state index in [1.165, 1.54) is 12.1 Å². The van der Waals surface area contributed by atoms with E-state index in [9.17, 15) is 9.18 Å². The third-order valence-corrected chi connectivity index (χ3v) is 3.58. The van der Waals surface area contributed by atoms with Gasteiger partial charge in [0.05, 0.1) is 23.4 Å². The number of hydrogen-bond donors (Lipinski definition) is 1. The minimum atomic E-state index is -0.406. The molecule has 3 rings (SSSR count). The number of anilines is 1. The average Bonchev–Trinajstić information content (AvgIpc) is 2.56. The Hall–Kier alpha value is -2.95. The molecule has 122 valence electrons. The van der Waals surface area contributed by atoms with Crippen molar-refractivity contribution in [2.45, 2.75) is 13.8 Å². The van der Waals surface area contributed by atoms with E-state index in [0.29, 0.717) is 40.2 Å². The molecule has 0 saturated carbocycles. The molecule has 0 saturated heterocycles. The van der Waals surface area contributed by atoms with Crippen LogP contribution in [0.4, 0.5) is 10.1 Å². The number of rotatable bonds is 4. The van der Waals surface area contributed by atoms with Gasteiger partial charge in [0.1, 0.15) is 11.6 Å². The second kappa shape index (κ2) is 6.66. The van der Waals surface area contributed by atoms with Crippen molar-refractivity contribution in [3.63, 3.8) is 0 Å². The maximum Gasteiger partial charge on any atom is 0.256 e. The Bertz CT molecular complexity index is 909. The molecule has 3 aromatic rings. The van der Waals surface area contributed by atoms with Crippen molar-refractivity contribution in [2.24, 2.45) is 0 Å². The van der Waals surface area contributed by atoms with Gasteiger partial charge in [0.15, 0.2) is 0 Å². The highest BCUT2D eigenvalue weighted by Crippen LogP contribution is 2.26. The first kappa shape index (κ1) is 15.9. The second-order valence-electron chi connectivity index (χ2n) is 5.36.